The second-order valence-electron chi connectivity index (χ2n) is 6.46. The predicted octanol–water partition coefficient (Wildman–Crippen LogP) is 2.56. The lowest BCUT2D eigenvalue weighted by Gasteiger charge is -2.19. The molecule has 1 fully saturated rings. The van der Waals surface area contributed by atoms with Gasteiger partial charge in [0.1, 0.15) is 23.2 Å². The molecular weight excluding hydrogens is 328 g/mol. The summed E-state index contributed by atoms with van der Waals surface area (Å²) >= 11 is 0. The van der Waals surface area contributed by atoms with Gasteiger partial charge >= 0.3 is 0 Å². The van der Waals surface area contributed by atoms with Crippen LogP contribution in [0.5, 0.6) is 5.75 Å². The number of hydrogen-bond donors (Lipinski definition) is 2. The Labute approximate surface area is 153 Å². The van der Waals surface area contributed by atoms with Crippen molar-refractivity contribution in [2.75, 3.05) is 31.2 Å². The first-order valence-corrected chi connectivity index (χ1v) is 8.94. The second-order valence-corrected chi connectivity index (χ2v) is 6.46. The lowest BCUT2D eigenvalue weighted by molar-refractivity contribution is 0.294. The summed E-state index contributed by atoms with van der Waals surface area (Å²) in [6.45, 7) is 5.75. The second kappa shape index (κ2) is 8.02. The standard InChI is InChI=1S/C19H24N6O/c1-2-9-26-16-6-5-13(10-14(16)12-25-7-3-4-8-25)17-15(11-20)18(21)24-19(22)23-17/h5-6,10H,2-4,7-9,12H2,1H3,(H4,21,22,23,24). The van der Waals surface area contributed by atoms with Gasteiger partial charge in [-0.25, -0.2) is 4.98 Å². The smallest absolute Gasteiger partial charge is 0.222 e. The van der Waals surface area contributed by atoms with Crippen LogP contribution in [0.1, 0.15) is 37.3 Å². The minimum absolute atomic E-state index is 0.0592. The van der Waals surface area contributed by atoms with Crippen molar-refractivity contribution in [3.05, 3.63) is 29.3 Å². The van der Waals surface area contributed by atoms with Gasteiger partial charge < -0.3 is 16.2 Å². The molecule has 3 rings (SSSR count). The third kappa shape index (κ3) is 3.86. The number of aromatic nitrogens is 2. The van der Waals surface area contributed by atoms with E-state index in [9.17, 15) is 5.26 Å². The molecule has 1 aromatic carbocycles. The zero-order chi connectivity index (χ0) is 18.5. The van der Waals surface area contributed by atoms with E-state index >= 15 is 0 Å². The van der Waals surface area contributed by atoms with Crippen LogP contribution in [0.3, 0.4) is 0 Å². The first-order valence-electron chi connectivity index (χ1n) is 8.94. The van der Waals surface area contributed by atoms with Crippen LogP contribution >= 0.6 is 0 Å². The number of nitriles is 1. The summed E-state index contributed by atoms with van der Waals surface area (Å²) in [6, 6.07) is 7.93. The van der Waals surface area contributed by atoms with Crippen molar-refractivity contribution in [2.24, 2.45) is 0 Å². The Kier molecular flexibility index (Phi) is 5.54. The summed E-state index contributed by atoms with van der Waals surface area (Å²) in [5.41, 5.74) is 14.2. The molecule has 1 saturated heterocycles. The molecular formula is C19H24N6O. The highest BCUT2D eigenvalue weighted by atomic mass is 16.5. The molecule has 7 heteroatoms. The zero-order valence-corrected chi connectivity index (χ0v) is 15.0. The van der Waals surface area contributed by atoms with Crippen LogP contribution < -0.4 is 16.2 Å². The molecule has 0 amide bonds. The van der Waals surface area contributed by atoms with Crippen molar-refractivity contribution in [1.82, 2.24) is 14.9 Å². The first-order chi connectivity index (χ1) is 12.6. The molecule has 0 bridgehead atoms. The Morgan fingerprint density at radius 1 is 1.23 bits per heavy atom. The molecule has 26 heavy (non-hydrogen) atoms. The SMILES string of the molecule is CCCOc1ccc(-c2nc(N)nc(N)c2C#N)cc1CN1CCCC1. The maximum absolute atomic E-state index is 9.44. The van der Waals surface area contributed by atoms with Gasteiger partial charge in [-0.05, 0) is 50.6 Å². The van der Waals surface area contributed by atoms with Crippen LogP contribution in [-0.2, 0) is 6.54 Å². The summed E-state index contributed by atoms with van der Waals surface area (Å²) in [7, 11) is 0. The molecule has 0 saturated carbocycles. The summed E-state index contributed by atoms with van der Waals surface area (Å²) < 4.78 is 5.92. The number of rotatable bonds is 6. The average molecular weight is 352 g/mol. The first kappa shape index (κ1) is 18.0. The molecule has 7 nitrogen and oxygen atoms in total. The van der Waals surface area contributed by atoms with Crippen LogP contribution in [0, 0.1) is 11.3 Å². The lowest BCUT2D eigenvalue weighted by Crippen LogP contribution is -2.19. The van der Waals surface area contributed by atoms with Crippen LogP contribution in [0.4, 0.5) is 11.8 Å². The molecule has 4 N–H and O–H groups in total. The number of benzene rings is 1. The molecule has 0 aliphatic carbocycles. The van der Waals surface area contributed by atoms with E-state index in [2.05, 4.69) is 27.9 Å². The molecule has 0 spiro atoms. The van der Waals surface area contributed by atoms with Crippen molar-refractivity contribution in [3.63, 3.8) is 0 Å². The van der Waals surface area contributed by atoms with E-state index in [0.717, 1.165) is 42.9 Å². The van der Waals surface area contributed by atoms with Gasteiger partial charge in [0.15, 0.2) is 0 Å². The largest absolute Gasteiger partial charge is 0.493 e. The number of nitrogen functional groups attached to an aromatic ring is 2. The highest BCUT2D eigenvalue weighted by Gasteiger charge is 2.18. The van der Waals surface area contributed by atoms with Crippen LogP contribution in [-0.4, -0.2) is 34.6 Å². The van der Waals surface area contributed by atoms with Gasteiger partial charge in [-0.15, -0.1) is 0 Å². The van der Waals surface area contributed by atoms with Crippen LogP contribution in [0.25, 0.3) is 11.3 Å². The maximum Gasteiger partial charge on any atom is 0.222 e. The number of nitrogens with two attached hydrogens (primary N) is 2. The van der Waals surface area contributed by atoms with E-state index in [0.29, 0.717) is 12.3 Å². The summed E-state index contributed by atoms with van der Waals surface area (Å²) in [5.74, 6) is 1.03. The number of hydrogen-bond acceptors (Lipinski definition) is 7. The van der Waals surface area contributed by atoms with E-state index in [1.807, 2.05) is 18.2 Å². The van der Waals surface area contributed by atoms with Crippen molar-refractivity contribution in [2.45, 2.75) is 32.7 Å². The van der Waals surface area contributed by atoms with E-state index in [4.69, 9.17) is 16.2 Å². The molecule has 1 aromatic heterocycles. The Hall–Kier alpha value is -2.85. The normalized spacial score (nSPS) is 14.3. The molecule has 0 unspecified atom stereocenters. The fourth-order valence-corrected chi connectivity index (χ4v) is 3.20. The van der Waals surface area contributed by atoms with Gasteiger partial charge in [0.05, 0.1) is 12.3 Å². The van der Waals surface area contributed by atoms with Crippen molar-refractivity contribution < 1.29 is 4.74 Å². The van der Waals surface area contributed by atoms with Crippen LogP contribution in [0.15, 0.2) is 18.2 Å². The topological polar surface area (TPSA) is 114 Å². The van der Waals surface area contributed by atoms with E-state index < -0.39 is 0 Å². The molecule has 2 aromatic rings. The highest BCUT2D eigenvalue weighted by Crippen LogP contribution is 2.31. The fourth-order valence-electron chi connectivity index (χ4n) is 3.20. The van der Waals surface area contributed by atoms with E-state index in [1.165, 1.54) is 12.8 Å². The van der Waals surface area contributed by atoms with Crippen molar-refractivity contribution >= 4 is 11.8 Å². The maximum atomic E-state index is 9.44. The Morgan fingerprint density at radius 3 is 2.69 bits per heavy atom. The quantitative estimate of drug-likeness (QED) is 0.821. The van der Waals surface area contributed by atoms with Crippen LogP contribution in [0.2, 0.25) is 0 Å². The highest BCUT2D eigenvalue weighted by molar-refractivity contribution is 5.74. The van der Waals surface area contributed by atoms with Crippen molar-refractivity contribution in [1.29, 1.82) is 5.26 Å². The van der Waals surface area contributed by atoms with E-state index in [1.54, 1.807) is 0 Å². The molecule has 0 radical (unpaired) electrons. The Bertz CT molecular complexity index is 824. The number of likely N-dealkylation sites (tertiary alicyclic amines) is 1. The molecule has 136 valence electrons. The molecule has 1 aliphatic heterocycles. The summed E-state index contributed by atoms with van der Waals surface area (Å²) in [4.78, 5) is 10.5. The predicted molar refractivity (Wildman–Crippen MR) is 101 cm³/mol. The van der Waals surface area contributed by atoms with Gasteiger partial charge in [0.2, 0.25) is 5.95 Å². The number of ether oxygens (including phenoxy) is 1. The van der Waals surface area contributed by atoms with Crippen molar-refractivity contribution in [3.8, 4) is 23.1 Å². The lowest BCUT2D eigenvalue weighted by atomic mass is 10.0. The van der Waals surface area contributed by atoms with Gasteiger partial charge in [0, 0.05) is 17.7 Å². The zero-order valence-electron chi connectivity index (χ0n) is 15.0. The molecule has 1 aliphatic rings. The minimum atomic E-state index is 0.0592. The number of nitrogens with zero attached hydrogens (tertiary/aromatic N) is 4. The third-order valence-corrected chi connectivity index (χ3v) is 4.45. The average Bonchev–Trinajstić information content (AvgIpc) is 3.13. The number of anilines is 2. The monoisotopic (exact) mass is 352 g/mol. The van der Waals surface area contributed by atoms with Gasteiger partial charge in [-0.3, -0.25) is 4.90 Å². The van der Waals surface area contributed by atoms with Gasteiger partial charge in [-0.2, -0.15) is 10.2 Å². The third-order valence-electron chi connectivity index (χ3n) is 4.45. The molecule has 2 heterocycles. The minimum Gasteiger partial charge on any atom is -0.493 e. The summed E-state index contributed by atoms with van der Waals surface area (Å²) in [6.07, 6.45) is 3.40. The Morgan fingerprint density at radius 2 is 2.00 bits per heavy atom. The van der Waals surface area contributed by atoms with Gasteiger partial charge in [-0.1, -0.05) is 6.92 Å². The molecule has 0 atom stereocenters. The summed E-state index contributed by atoms with van der Waals surface area (Å²) in [5, 5.41) is 9.44. The van der Waals surface area contributed by atoms with E-state index in [-0.39, 0.29) is 17.3 Å². The fraction of sp³-hybridized carbons (Fsp3) is 0.421. The van der Waals surface area contributed by atoms with Gasteiger partial charge in [0.25, 0.3) is 0 Å². The Balaban J connectivity index is 2.02.